The highest BCUT2D eigenvalue weighted by Crippen LogP contribution is 2.39. The summed E-state index contributed by atoms with van der Waals surface area (Å²) in [4.78, 5) is 35.1. The van der Waals surface area contributed by atoms with Crippen molar-refractivity contribution >= 4 is 22.8 Å². The Bertz CT molecular complexity index is 1440. The number of anilines is 1. The monoisotopic (exact) mass is 478 g/mol. The molecule has 0 saturated heterocycles. The Morgan fingerprint density at radius 1 is 1.14 bits per heavy atom. The van der Waals surface area contributed by atoms with E-state index in [1.54, 1.807) is 31.5 Å². The summed E-state index contributed by atoms with van der Waals surface area (Å²) in [6, 6.07) is 5.36. The molecule has 11 heteroatoms. The van der Waals surface area contributed by atoms with E-state index < -0.39 is 23.9 Å². The maximum absolute atomic E-state index is 13.6. The van der Waals surface area contributed by atoms with Gasteiger partial charge in [0.25, 0.3) is 5.92 Å². The third-order valence-corrected chi connectivity index (χ3v) is 6.17. The molecular weight excluding hydrogens is 454 g/mol. The number of aromatic nitrogens is 6. The Labute approximate surface area is 200 Å². The van der Waals surface area contributed by atoms with Gasteiger partial charge in [-0.1, -0.05) is 6.07 Å². The van der Waals surface area contributed by atoms with Gasteiger partial charge in [-0.15, -0.1) is 0 Å². The number of hydrogen-bond donors (Lipinski definition) is 2. The molecular formula is C24H24F2N8O. The number of imidazole rings is 1. The van der Waals surface area contributed by atoms with Crippen molar-refractivity contribution in [3.63, 3.8) is 0 Å². The van der Waals surface area contributed by atoms with Gasteiger partial charge in [0, 0.05) is 42.7 Å². The molecule has 4 aromatic rings. The van der Waals surface area contributed by atoms with Crippen LogP contribution in [0.2, 0.25) is 0 Å². The number of hydrogen-bond acceptors (Lipinski definition) is 7. The molecule has 0 saturated carbocycles. The van der Waals surface area contributed by atoms with Gasteiger partial charge in [-0.25, -0.2) is 33.7 Å². The topological polar surface area (TPSA) is 111 Å². The van der Waals surface area contributed by atoms with Crippen LogP contribution in [0.5, 0.6) is 0 Å². The summed E-state index contributed by atoms with van der Waals surface area (Å²) in [7, 11) is 0. The number of fused-ring (bicyclic) bond motifs is 2. The average Bonchev–Trinajstić information content (AvgIpc) is 3.32. The molecule has 1 aliphatic rings. The first-order valence-corrected chi connectivity index (χ1v) is 11.2. The van der Waals surface area contributed by atoms with Crippen molar-refractivity contribution in [3.8, 4) is 22.6 Å². The molecule has 5 rings (SSSR count). The lowest BCUT2D eigenvalue weighted by molar-refractivity contribution is -0.122. The number of carbonyl (C=O) groups is 1. The van der Waals surface area contributed by atoms with Crippen LogP contribution in [0.3, 0.4) is 0 Å². The molecule has 0 spiro atoms. The van der Waals surface area contributed by atoms with E-state index in [0.29, 0.717) is 51.9 Å². The second-order valence-electron chi connectivity index (χ2n) is 8.86. The van der Waals surface area contributed by atoms with Crippen LogP contribution in [0.4, 0.5) is 14.5 Å². The van der Waals surface area contributed by atoms with E-state index in [0.717, 1.165) is 12.5 Å². The Hall–Kier alpha value is -3.86. The third kappa shape index (κ3) is 3.91. The fraction of sp³-hybridized carbons (Fsp3) is 0.333. The number of benzene rings is 1. The van der Waals surface area contributed by atoms with Gasteiger partial charge in [-0.3, -0.25) is 10.1 Å². The van der Waals surface area contributed by atoms with Gasteiger partial charge >= 0.3 is 0 Å². The molecule has 1 amide bonds. The van der Waals surface area contributed by atoms with Gasteiger partial charge in [-0.05, 0) is 32.9 Å². The molecule has 35 heavy (non-hydrogen) atoms. The first kappa shape index (κ1) is 22.9. The van der Waals surface area contributed by atoms with E-state index in [1.807, 2.05) is 24.5 Å². The van der Waals surface area contributed by atoms with Crippen LogP contribution in [0.25, 0.3) is 33.8 Å². The molecule has 0 radical (unpaired) electrons. The summed E-state index contributed by atoms with van der Waals surface area (Å²) in [6.07, 6.45) is 4.90. The van der Waals surface area contributed by atoms with Gasteiger partial charge in [0.15, 0.2) is 5.65 Å². The molecule has 1 atom stereocenters. The summed E-state index contributed by atoms with van der Waals surface area (Å²) >= 11 is 0. The summed E-state index contributed by atoms with van der Waals surface area (Å²) in [6.45, 7) is 6.20. The Kier molecular flexibility index (Phi) is 5.32. The maximum Gasteiger partial charge on any atom is 0.257 e. The molecule has 1 aromatic carbocycles. The minimum atomic E-state index is -2.97. The van der Waals surface area contributed by atoms with Crippen molar-refractivity contribution in [3.05, 3.63) is 48.3 Å². The van der Waals surface area contributed by atoms with Crippen molar-refractivity contribution in [2.45, 2.75) is 45.7 Å². The number of rotatable bonds is 6. The summed E-state index contributed by atoms with van der Waals surface area (Å²) < 4.78 is 29.1. The highest BCUT2D eigenvalue weighted by Gasteiger charge is 2.44. The average molecular weight is 479 g/mol. The van der Waals surface area contributed by atoms with Gasteiger partial charge in [-0.2, -0.15) is 0 Å². The van der Waals surface area contributed by atoms with Crippen LogP contribution in [0.1, 0.15) is 32.2 Å². The Morgan fingerprint density at radius 2 is 1.89 bits per heavy atom. The van der Waals surface area contributed by atoms with Gasteiger partial charge in [0.1, 0.15) is 34.7 Å². The minimum absolute atomic E-state index is 0.390. The number of carbonyl (C=O) groups excluding carboxylic acids is 1. The number of alkyl halides is 2. The first-order chi connectivity index (χ1) is 16.6. The van der Waals surface area contributed by atoms with E-state index in [2.05, 4.69) is 30.6 Å². The van der Waals surface area contributed by atoms with Crippen LogP contribution in [-0.4, -0.2) is 47.9 Å². The smallest absolute Gasteiger partial charge is 0.257 e. The molecule has 0 aliphatic carbocycles. The summed E-state index contributed by atoms with van der Waals surface area (Å²) in [5.41, 5.74) is 3.06. The zero-order valence-corrected chi connectivity index (χ0v) is 19.7. The van der Waals surface area contributed by atoms with E-state index in [4.69, 9.17) is 4.98 Å². The third-order valence-electron chi connectivity index (χ3n) is 6.17. The predicted molar refractivity (Wildman–Crippen MR) is 127 cm³/mol. The molecule has 9 nitrogen and oxygen atoms in total. The zero-order valence-electron chi connectivity index (χ0n) is 19.7. The van der Waals surface area contributed by atoms with Crippen LogP contribution in [0, 0.1) is 6.92 Å². The molecule has 4 heterocycles. The number of halogens is 2. The van der Waals surface area contributed by atoms with Crippen molar-refractivity contribution in [1.29, 1.82) is 0 Å². The molecule has 1 aliphatic heterocycles. The molecule has 2 N–H and O–H groups in total. The van der Waals surface area contributed by atoms with Crippen LogP contribution >= 0.6 is 0 Å². The molecule has 0 fully saturated rings. The van der Waals surface area contributed by atoms with E-state index in [-0.39, 0.29) is 0 Å². The Morgan fingerprint density at radius 3 is 2.57 bits per heavy atom. The molecule has 3 aromatic heterocycles. The summed E-state index contributed by atoms with van der Waals surface area (Å²) in [5.74, 6) is -2.03. The van der Waals surface area contributed by atoms with Crippen LogP contribution in [-0.2, 0) is 16.9 Å². The number of nitrogens with zero attached hydrogens (tertiary/aromatic N) is 6. The second-order valence-corrected chi connectivity index (χ2v) is 8.86. The van der Waals surface area contributed by atoms with E-state index in [9.17, 15) is 13.6 Å². The normalized spacial score (nSPS) is 17.6. The highest BCUT2D eigenvalue weighted by atomic mass is 19.3. The second kappa shape index (κ2) is 8.12. The first-order valence-electron chi connectivity index (χ1n) is 11.2. The summed E-state index contributed by atoms with van der Waals surface area (Å²) in [5, 5.41) is 5.52. The van der Waals surface area contributed by atoms with Crippen LogP contribution < -0.4 is 10.6 Å². The maximum atomic E-state index is 13.6. The lowest BCUT2D eigenvalue weighted by Gasteiger charge is -2.26. The standard InChI is InChI=1S/C24H24F2N8O/c1-5-34-20(15-9-27-13(2)28-10-15)33-19-18(29-12-30-21(19)34)14-6-7-17-16(8-14)24(4,22(35)32-17)31-11-23(3,25)26/h6-10,12,31H,5,11H2,1-4H3,(H,32,35). The quantitative estimate of drug-likeness (QED) is 0.435. The van der Waals surface area contributed by atoms with Crippen LogP contribution in [0.15, 0.2) is 36.9 Å². The number of amides is 1. The van der Waals surface area contributed by atoms with Gasteiger partial charge in [0.05, 0.1) is 12.1 Å². The fourth-order valence-electron chi connectivity index (χ4n) is 4.27. The lowest BCUT2D eigenvalue weighted by Crippen LogP contribution is -2.49. The predicted octanol–water partition coefficient (Wildman–Crippen LogP) is 3.69. The Balaban J connectivity index is 1.63. The van der Waals surface area contributed by atoms with Crippen molar-refractivity contribution in [1.82, 2.24) is 34.8 Å². The van der Waals surface area contributed by atoms with Gasteiger partial charge < -0.3 is 9.88 Å². The zero-order chi connectivity index (χ0) is 25.0. The number of nitrogens with one attached hydrogen (secondary N) is 2. The van der Waals surface area contributed by atoms with E-state index in [1.165, 1.54) is 6.33 Å². The molecule has 1 unspecified atom stereocenters. The molecule has 0 bridgehead atoms. The van der Waals surface area contributed by atoms with Crippen molar-refractivity contribution in [2.24, 2.45) is 0 Å². The minimum Gasteiger partial charge on any atom is -0.324 e. The fourth-order valence-corrected chi connectivity index (χ4v) is 4.27. The van der Waals surface area contributed by atoms with E-state index >= 15 is 0 Å². The van der Waals surface area contributed by atoms with Crippen molar-refractivity contribution < 1.29 is 13.6 Å². The number of aryl methyl sites for hydroxylation is 2. The highest BCUT2D eigenvalue weighted by molar-refractivity contribution is 6.06. The SMILES string of the molecule is CCn1c(-c2cnc(C)nc2)nc2c(-c3ccc4c(c3)C(C)(NCC(C)(F)F)C(=O)N4)ncnc21. The van der Waals surface area contributed by atoms with Gasteiger partial charge in [0.2, 0.25) is 5.91 Å². The van der Waals surface area contributed by atoms with Crippen molar-refractivity contribution in [2.75, 3.05) is 11.9 Å². The lowest BCUT2D eigenvalue weighted by atomic mass is 9.91. The largest absolute Gasteiger partial charge is 0.324 e. The molecule has 180 valence electrons.